The average Bonchev–Trinajstić information content (AvgIpc) is 2.47. The fraction of sp³-hybridized carbons (Fsp3) is 1.00. The van der Waals surface area contributed by atoms with E-state index in [0.717, 1.165) is 38.3 Å². The number of likely N-dealkylation sites (tertiary alicyclic amines) is 1. The maximum Gasteiger partial charge on any atom is 0.0590 e. The lowest BCUT2D eigenvalue weighted by molar-refractivity contribution is -0.0799. The summed E-state index contributed by atoms with van der Waals surface area (Å²) in [6.07, 6.45) is 7.85. The minimum Gasteiger partial charge on any atom is -0.378 e. The van der Waals surface area contributed by atoms with Crippen molar-refractivity contribution in [1.82, 2.24) is 4.90 Å². The highest BCUT2D eigenvalue weighted by Crippen LogP contribution is 2.34. The molecular weight excluding hydrogens is 224 g/mol. The van der Waals surface area contributed by atoms with Crippen molar-refractivity contribution in [3.8, 4) is 0 Å². The lowest BCUT2D eigenvalue weighted by atomic mass is 9.81. The first-order valence-electron chi connectivity index (χ1n) is 7.80. The van der Waals surface area contributed by atoms with E-state index in [0.29, 0.717) is 6.10 Å². The number of hydrogen-bond donors (Lipinski definition) is 1. The average molecular weight is 254 g/mol. The number of nitrogens with two attached hydrogens (primary N) is 1. The number of hydrogen-bond acceptors (Lipinski definition) is 3. The molecule has 0 aliphatic carbocycles. The Labute approximate surface area is 112 Å². The zero-order valence-corrected chi connectivity index (χ0v) is 12.2. The summed E-state index contributed by atoms with van der Waals surface area (Å²) in [5, 5.41) is 0. The molecule has 0 aromatic carbocycles. The standard InChI is InChI=1S/C15H30N2O/c1-3-13-5-8-17(9-6-13)15(12-16)7-10-18-14(4-2)11-15/h13-14H,3-12,16H2,1-2H3. The van der Waals surface area contributed by atoms with Crippen molar-refractivity contribution in [2.24, 2.45) is 11.7 Å². The van der Waals surface area contributed by atoms with Crippen LogP contribution in [0.4, 0.5) is 0 Å². The van der Waals surface area contributed by atoms with Crippen molar-refractivity contribution >= 4 is 0 Å². The summed E-state index contributed by atoms with van der Waals surface area (Å²) in [5.41, 5.74) is 6.39. The molecule has 0 spiro atoms. The number of nitrogens with zero attached hydrogens (tertiary/aromatic N) is 1. The van der Waals surface area contributed by atoms with Crippen molar-refractivity contribution in [1.29, 1.82) is 0 Å². The lowest BCUT2D eigenvalue weighted by Gasteiger charge is -2.50. The minimum absolute atomic E-state index is 0.234. The van der Waals surface area contributed by atoms with Gasteiger partial charge in [0.05, 0.1) is 6.10 Å². The van der Waals surface area contributed by atoms with E-state index in [2.05, 4.69) is 18.7 Å². The molecule has 0 amide bonds. The van der Waals surface area contributed by atoms with Gasteiger partial charge in [0, 0.05) is 18.7 Å². The van der Waals surface area contributed by atoms with Crippen LogP contribution in [0.15, 0.2) is 0 Å². The smallest absolute Gasteiger partial charge is 0.0590 e. The Morgan fingerprint density at radius 1 is 1.22 bits per heavy atom. The van der Waals surface area contributed by atoms with Gasteiger partial charge in [0.15, 0.2) is 0 Å². The van der Waals surface area contributed by atoms with E-state index >= 15 is 0 Å². The normalized spacial score (nSPS) is 35.8. The van der Waals surface area contributed by atoms with E-state index < -0.39 is 0 Å². The number of ether oxygens (including phenoxy) is 1. The second-order valence-electron chi connectivity index (χ2n) is 6.12. The molecule has 0 radical (unpaired) electrons. The molecule has 0 aromatic rings. The molecular formula is C15H30N2O. The van der Waals surface area contributed by atoms with Crippen LogP contribution >= 0.6 is 0 Å². The maximum absolute atomic E-state index is 6.16. The van der Waals surface area contributed by atoms with Crippen LogP contribution in [0.5, 0.6) is 0 Å². The first-order valence-corrected chi connectivity index (χ1v) is 7.80. The second kappa shape index (κ2) is 6.36. The molecule has 106 valence electrons. The minimum atomic E-state index is 0.234. The van der Waals surface area contributed by atoms with Gasteiger partial charge in [-0.1, -0.05) is 20.3 Å². The highest BCUT2D eigenvalue weighted by molar-refractivity contribution is 4.97. The molecule has 0 bridgehead atoms. The van der Waals surface area contributed by atoms with Gasteiger partial charge >= 0.3 is 0 Å². The Hall–Kier alpha value is -0.120. The predicted octanol–water partition coefficient (Wildman–Crippen LogP) is 2.39. The molecule has 2 fully saturated rings. The molecule has 3 nitrogen and oxygen atoms in total. The first-order chi connectivity index (χ1) is 8.74. The molecule has 2 aliphatic rings. The van der Waals surface area contributed by atoms with Gasteiger partial charge in [-0.3, -0.25) is 4.90 Å². The monoisotopic (exact) mass is 254 g/mol. The molecule has 3 heteroatoms. The van der Waals surface area contributed by atoms with E-state index in [1.807, 2.05) is 0 Å². The molecule has 2 heterocycles. The molecule has 0 aromatic heterocycles. The van der Waals surface area contributed by atoms with E-state index in [4.69, 9.17) is 10.5 Å². The zero-order valence-electron chi connectivity index (χ0n) is 12.2. The van der Waals surface area contributed by atoms with Crippen LogP contribution in [0.2, 0.25) is 0 Å². The van der Waals surface area contributed by atoms with Crippen LogP contribution in [-0.4, -0.2) is 42.8 Å². The quantitative estimate of drug-likeness (QED) is 0.837. The van der Waals surface area contributed by atoms with Crippen molar-refractivity contribution in [2.45, 2.75) is 64.0 Å². The van der Waals surface area contributed by atoms with Gasteiger partial charge in [-0.2, -0.15) is 0 Å². The van der Waals surface area contributed by atoms with Gasteiger partial charge in [0.1, 0.15) is 0 Å². The lowest BCUT2D eigenvalue weighted by Crippen LogP contribution is -2.60. The van der Waals surface area contributed by atoms with E-state index in [9.17, 15) is 0 Å². The largest absolute Gasteiger partial charge is 0.378 e. The number of rotatable bonds is 4. The number of piperidine rings is 1. The third kappa shape index (κ3) is 2.89. The maximum atomic E-state index is 6.16. The first kappa shape index (κ1) is 14.3. The molecule has 2 aliphatic heterocycles. The molecule has 2 atom stereocenters. The Balaban J connectivity index is 1.99. The van der Waals surface area contributed by atoms with Gasteiger partial charge in [-0.25, -0.2) is 0 Å². The topological polar surface area (TPSA) is 38.5 Å². The predicted molar refractivity (Wildman–Crippen MR) is 75.6 cm³/mol. The van der Waals surface area contributed by atoms with E-state index in [1.165, 1.54) is 32.4 Å². The molecule has 0 saturated carbocycles. The van der Waals surface area contributed by atoms with E-state index in [1.54, 1.807) is 0 Å². The van der Waals surface area contributed by atoms with Gasteiger partial charge < -0.3 is 10.5 Å². The molecule has 2 unspecified atom stereocenters. The molecule has 18 heavy (non-hydrogen) atoms. The van der Waals surface area contributed by atoms with Crippen LogP contribution < -0.4 is 5.73 Å². The van der Waals surface area contributed by atoms with Crippen LogP contribution in [-0.2, 0) is 4.74 Å². The zero-order chi connectivity index (χ0) is 13.0. The summed E-state index contributed by atoms with van der Waals surface area (Å²) in [6.45, 7) is 8.71. The highest BCUT2D eigenvalue weighted by atomic mass is 16.5. The summed E-state index contributed by atoms with van der Waals surface area (Å²) in [7, 11) is 0. The van der Waals surface area contributed by atoms with Gasteiger partial charge in [0.2, 0.25) is 0 Å². The van der Waals surface area contributed by atoms with Crippen molar-refractivity contribution in [3.63, 3.8) is 0 Å². The highest BCUT2D eigenvalue weighted by Gasteiger charge is 2.41. The third-order valence-electron chi connectivity index (χ3n) is 5.23. The summed E-state index contributed by atoms with van der Waals surface area (Å²) < 4.78 is 5.84. The fourth-order valence-electron chi connectivity index (χ4n) is 3.68. The second-order valence-corrected chi connectivity index (χ2v) is 6.12. The van der Waals surface area contributed by atoms with Crippen molar-refractivity contribution in [2.75, 3.05) is 26.2 Å². The Bertz CT molecular complexity index is 251. The summed E-state index contributed by atoms with van der Waals surface area (Å²) in [6, 6.07) is 0. The summed E-state index contributed by atoms with van der Waals surface area (Å²) in [5.74, 6) is 0.942. The van der Waals surface area contributed by atoms with Crippen molar-refractivity contribution in [3.05, 3.63) is 0 Å². The summed E-state index contributed by atoms with van der Waals surface area (Å²) >= 11 is 0. The third-order valence-corrected chi connectivity index (χ3v) is 5.23. The van der Waals surface area contributed by atoms with E-state index in [-0.39, 0.29) is 5.54 Å². The van der Waals surface area contributed by atoms with Gasteiger partial charge in [0.25, 0.3) is 0 Å². The van der Waals surface area contributed by atoms with Crippen LogP contribution in [0, 0.1) is 5.92 Å². The Kier molecular flexibility index (Phi) is 5.05. The molecule has 2 saturated heterocycles. The Morgan fingerprint density at radius 2 is 1.94 bits per heavy atom. The Morgan fingerprint density at radius 3 is 2.50 bits per heavy atom. The molecule has 2 rings (SSSR count). The van der Waals surface area contributed by atoms with Crippen LogP contribution in [0.3, 0.4) is 0 Å². The summed E-state index contributed by atoms with van der Waals surface area (Å²) in [4.78, 5) is 2.68. The van der Waals surface area contributed by atoms with Crippen LogP contribution in [0.1, 0.15) is 52.4 Å². The van der Waals surface area contributed by atoms with Crippen molar-refractivity contribution < 1.29 is 4.74 Å². The van der Waals surface area contributed by atoms with Gasteiger partial charge in [-0.05, 0) is 51.1 Å². The van der Waals surface area contributed by atoms with Crippen LogP contribution in [0.25, 0.3) is 0 Å². The fourth-order valence-corrected chi connectivity index (χ4v) is 3.68. The van der Waals surface area contributed by atoms with Gasteiger partial charge in [-0.15, -0.1) is 0 Å². The molecule has 2 N–H and O–H groups in total. The SMILES string of the molecule is CCC1CCN(C2(CN)CCOC(CC)C2)CC1.